The van der Waals surface area contributed by atoms with E-state index in [9.17, 15) is 13.2 Å². The third-order valence-electron chi connectivity index (χ3n) is 2.70. The van der Waals surface area contributed by atoms with Crippen molar-refractivity contribution >= 4 is 33.0 Å². The molecule has 1 aromatic rings. The summed E-state index contributed by atoms with van der Waals surface area (Å²) in [7, 11) is -3.51. The number of hydrogen-bond acceptors (Lipinski definition) is 3. The van der Waals surface area contributed by atoms with Gasteiger partial charge in [0, 0.05) is 10.7 Å². The lowest BCUT2D eigenvalue weighted by molar-refractivity contribution is -0.115. The Balaban J connectivity index is 2.88. The van der Waals surface area contributed by atoms with E-state index in [4.69, 9.17) is 11.6 Å². The highest BCUT2D eigenvalue weighted by Gasteiger charge is 2.26. The van der Waals surface area contributed by atoms with E-state index in [1.165, 1.54) is 13.0 Å². The largest absolute Gasteiger partial charge is 0.325 e. The minimum absolute atomic E-state index is 0.221. The zero-order valence-electron chi connectivity index (χ0n) is 10.8. The highest BCUT2D eigenvalue weighted by atomic mass is 35.5. The van der Waals surface area contributed by atoms with Crippen molar-refractivity contribution in [1.29, 1.82) is 0 Å². The fourth-order valence-electron chi connectivity index (χ4n) is 1.47. The van der Waals surface area contributed by atoms with Gasteiger partial charge < -0.3 is 5.32 Å². The smallest absolute Gasteiger partial charge is 0.242 e. The lowest BCUT2D eigenvalue weighted by Gasteiger charge is -2.13. The van der Waals surface area contributed by atoms with Crippen LogP contribution in [0.1, 0.15) is 12.5 Å². The molecule has 1 unspecified atom stereocenters. The molecule has 0 bridgehead atoms. The van der Waals surface area contributed by atoms with Gasteiger partial charge in [0.15, 0.2) is 9.84 Å². The third kappa shape index (κ3) is 4.08. The standard InChI is InChI=1S/C13H16ClNO3S/c1-4-7-19(17,18)10(3)13(16)15-12-6-5-11(14)8-9(12)2/h4-6,8,10H,1,7H2,2-3H3,(H,15,16). The Hall–Kier alpha value is -1.33. The Morgan fingerprint density at radius 2 is 2.16 bits per heavy atom. The minimum atomic E-state index is -3.51. The molecule has 0 radical (unpaired) electrons. The Morgan fingerprint density at radius 1 is 1.53 bits per heavy atom. The highest BCUT2D eigenvalue weighted by molar-refractivity contribution is 7.92. The number of halogens is 1. The van der Waals surface area contributed by atoms with Gasteiger partial charge in [-0.15, -0.1) is 6.58 Å². The van der Waals surface area contributed by atoms with E-state index < -0.39 is 21.0 Å². The van der Waals surface area contributed by atoms with E-state index in [2.05, 4.69) is 11.9 Å². The Labute approximate surface area is 118 Å². The van der Waals surface area contributed by atoms with Crippen LogP contribution < -0.4 is 5.32 Å². The van der Waals surface area contributed by atoms with Crippen molar-refractivity contribution in [3.8, 4) is 0 Å². The molecule has 0 aromatic heterocycles. The zero-order chi connectivity index (χ0) is 14.6. The van der Waals surface area contributed by atoms with Gasteiger partial charge in [0.25, 0.3) is 0 Å². The molecule has 4 nitrogen and oxygen atoms in total. The van der Waals surface area contributed by atoms with Gasteiger partial charge in [-0.1, -0.05) is 17.7 Å². The molecule has 1 amide bonds. The maximum absolute atomic E-state index is 11.9. The molecule has 1 atom stereocenters. The molecular formula is C13H16ClNO3S. The first-order chi connectivity index (χ1) is 8.77. The van der Waals surface area contributed by atoms with Crippen molar-refractivity contribution in [2.45, 2.75) is 19.1 Å². The SMILES string of the molecule is C=CCS(=O)(=O)C(C)C(=O)Nc1ccc(Cl)cc1C. The molecule has 0 aliphatic rings. The summed E-state index contributed by atoms with van der Waals surface area (Å²) >= 11 is 5.81. The number of carbonyl (C=O) groups excluding carboxylic acids is 1. The van der Waals surface area contributed by atoms with Crippen molar-refractivity contribution in [2.24, 2.45) is 0 Å². The van der Waals surface area contributed by atoms with Crippen LogP contribution in [0.4, 0.5) is 5.69 Å². The predicted octanol–water partition coefficient (Wildman–Crippen LogP) is 2.58. The molecule has 0 heterocycles. The number of amides is 1. The molecule has 0 aliphatic heterocycles. The minimum Gasteiger partial charge on any atom is -0.325 e. The van der Waals surface area contributed by atoms with Crippen molar-refractivity contribution in [1.82, 2.24) is 0 Å². The highest BCUT2D eigenvalue weighted by Crippen LogP contribution is 2.20. The van der Waals surface area contributed by atoms with E-state index in [-0.39, 0.29) is 5.75 Å². The lowest BCUT2D eigenvalue weighted by Crippen LogP contribution is -2.33. The fourth-order valence-corrected chi connectivity index (χ4v) is 2.70. The summed E-state index contributed by atoms with van der Waals surface area (Å²) in [6.45, 7) is 6.51. The van der Waals surface area contributed by atoms with Gasteiger partial charge in [-0.2, -0.15) is 0 Å². The second kappa shape index (κ2) is 6.21. The molecule has 0 saturated heterocycles. The molecule has 104 valence electrons. The number of sulfone groups is 1. The fraction of sp³-hybridized carbons (Fsp3) is 0.308. The summed E-state index contributed by atoms with van der Waals surface area (Å²) in [5.41, 5.74) is 1.32. The van der Waals surface area contributed by atoms with E-state index in [0.717, 1.165) is 5.56 Å². The van der Waals surface area contributed by atoms with Crippen LogP contribution in [-0.4, -0.2) is 25.3 Å². The molecule has 1 rings (SSSR count). The van der Waals surface area contributed by atoms with Crippen LogP contribution in [0.3, 0.4) is 0 Å². The first kappa shape index (κ1) is 15.7. The van der Waals surface area contributed by atoms with Crippen molar-refractivity contribution < 1.29 is 13.2 Å². The maximum Gasteiger partial charge on any atom is 0.242 e. The van der Waals surface area contributed by atoms with Crippen LogP contribution in [0.5, 0.6) is 0 Å². The first-order valence-electron chi connectivity index (χ1n) is 5.67. The van der Waals surface area contributed by atoms with Gasteiger partial charge in [-0.25, -0.2) is 8.42 Å². The van der Waals surface area contributed by atoms with E-state index >= 15 is 0 Å². The molecule has 19 heavy (non-hydrogen) atoms. The van der Waals surface area contributed by atoms with Gasteiger partial charge in [0.2, 0.25) is 5.91 Å². The Kier molecular flexibility index (Phi) is 5.14. The second-order valence-corrected chi connectivity index (χ2v) is 7.01. The number of carbonyl (C=O) groups is 1. The summed E-state index contributed by atoms with van der Waals surface area (Å²) in [5, 5.41) is 2.02. The average Bonchev–Trinajstić information content (AvgIpc) is 2.31. The third-order valence-corrected chi connectivity index (χ3v) is 4.93. The maximum atomic E-state index is 11.9. The lowest BCUT2D eigenvalue weighted by atomic mass is 10.2. The van der Waals surface area contributed by atoms with Crippen LogP contribution in [0.15, 0.2) is 30.9 Å². The Bertz CT molecular complexity index is 596. The van der Waals surface area contributed by atoms with Gasteiger partial charge in [-0.3, -0.25) is 4.79 Å². The second-order valence-electron chi connectivity index (χ2n) is 4.21. The number of rotatable bonds is 5. The predicted molar refractivity (Wildman–Crippen MR) is 78.3 cm³/mol. The number of anilines is 1. The summed E-state index contributed by atoms with van der Waals surface area (Å²) in [6, 6.07) is 4.97. The van der Waals surface area contributed by atoms with Crippen LogP contribution in [0, 0.1) is 6.92 Å². The molecular weight excluding hydrogens is 286 g/mol. The van der Waals surface area contributed by atoms with Crippen molar-refractivity contribution in [2.75, 3.05) is 11.1 Å². The van der Waals surface area contributed by atoms with Gasteiger partial charge in [0.1, 0.15) is 5.25 Å². The molecule has 1 aromatic carbocycles. The van der Waals surface area contributed by atoms with Gasteiger partial charge in [0.05, 0.1) is 5.75 Å². The van der Waals surface area contributed by atoms with Crippen LogP contribution >= 0.6 is 11.6 Å². The normalized spacial score (nSPS) is 12.8. The van der Waals surface area contributed by atoms with Crippen molar-refractivity contribution in [3.63, 3.8) is 0 Å². The molecule has 1 N–H and O–H groups in total. The molecule has 0 aliphatic carbocycles. The summed E-state index contributed by atoms with van der Waals surface area (Å²) in [4.78, 5) is 11.9. The van der Waals surface area contributed by atoms with E-state index in [1.807, 2.05) is 0 Å². The monoisotopic (exact) mass is 301 g/mol. The van der Waals surface area contributed by atoms with Gasteiger partial charge in [-0.05, 0) is 37.6 Å². The molecule has 6 heteroatoms. The van der Waals surface area contributed by atoms with Crippen LogP contribution in [-0.2, 0) is 14.6 Å². The quantitative estimate of drug-likeness (QED) is 0.850. The van der Waals surface area contributed by atoms with E-state index in [0.29, 0.717) is 10.7 Å². The summed E-state index contributed by atoms with van der Waals surface area (Å²) in [5.74, 6) is -0.784. The molecule has 0 spiro atoms. The first-order valence-corrected chi connectivity index (χ1v) is 7.76. The van der Waals surface area contributed by atoms with E-state index in [1.54, 1.807) is 25.1 Å². The number of benzene rings is 1. The summed E-state index contributed by atoms with van der Waals surface area (Å²) < 4.78 is 23.5. The van der Waals surface area contributed by atoms with Crippen LogP contribution in [0.25, 0.3) is 0 Å². The molecule has 0 fully saturated rings. The average molecular weight is 302 g/mol. The number of aryl methyl sites for hydroxylation is 1. The Morgan fingerprint density at radius 3 is 2.68 bits per heavy atom. The molecule has 0 saturated carbocycles. The van der Waals surface area contributed by atoms with Crippen LogP contribution in [0.2, 0.25) is 5.02 Å². The topological polar surface area (TPSA) is 63.2 Å². The van der Waals surface area contributed by atoms with Gasteiger partial charge >= 0.3 is 0 Å². The number of nitrogens with one attached hydrogen (secondary N) is 1. The van der Waals surface area contributed by atoms with Crippen molar-refractivity contribution in [3.05, 3.63) is 41.4 Å². The summed E-state index contributed by atoms with van der Waals surface area (Å²) in [6.07, 6.45) is 1.27. The zero-order valence-corrected chi connectivity index (χ0v) is 12.4. The number of hydrogen-bond donors (Lipinski definition) is 1.